The zero-order valence-electron chi connectivity index (χ0n) is 21.6. The standard InChI is InChI=1S/C30H34N4O2/c1-19-16-20(2)32-29-28(19)24(18-31)26(12-13-27(35)33-22-14-15-36-30(3,4)17-22)34(29)25-11-7-9-21-8-5-6-10-23(21)25/h5-6,8,10,12-13,16,22,25H,7,9,11,14-15,17H2,1-4H3,(H,33,35)/t22-,25+/m1/s1. The van der Waals surface area contributed by atoms with Gasteiger partial charge in [0.25, 0.3) is 0 Å². The van der Waals surface area contributed by atoms with Gasteiger partial charge in [0.1, 0.15) is 11.7 Å². The summed E-state index contributed by atoms with van der Waals surface area (Å²) in [7, 11) is 0. The fraction of sp³-hybridized carbons (Fsp3) is 0.433. The fourth-order valence-corrected chi connectivity index (χ4v) is 6.01. The number of hydrogen-bond acceptors (Lipinski definition) is 4. The molecular weight excluding hydrogens is 448 g/mol. The molecular formula is C30H34N4O2. The number of benzene rings is 1. The summed E-state index contributed by atoms with van der Waals surface area (Å²) in [6.45, 7) is 8.77. The molecule has 0 bridgehead atoms. The summed E-state index contributed by atoms with van der Waals surface area (Å²) < 4.78 is 7.99. The van der Waals surface area contributed by atoms with E-state index in [9.17, 15) is 10.1 Å². The van der Waals surface area contributed by atoms with Crippen molar-refractivity contribution in [1.29, 1.82) is 5.26 Å². The molecule has 1 aliphatic heterocycles. The smallest absolute Gasteiger partial charge is 0.244 e. The SMILES string of the molecule is Cc1cc(C)c2c(C#N)c(C=CC(=O)N[C@@H]3CCOC(C)(C)C3)n([C@H]3CCCc4ccccc43)c2n1. The molecule has 1 amide bonds. The lowest BCUT2D eigenvalue weighted by molar-refractivity contribution is -0.119. The van der Waals surface area contributed by atoms with Gasteiger partial charge in [-0.3, -0.25) is 4.79 Å². The summed E-state index contributed by atoms with van der Waals surface area (Å²) in [5, 5.41) is 14.3. The zero-order valence-corrected chi connectivity index (χ0v) is 21.6. The number of amides is 1. The Kier molecular flexibility index (Phi) is 6.44. The highest BCUT2D eigenvalue weighted by molar-refractivity contribution is 5.96. The first-order valence-electron chi connectivity index (χ1n) is 12.9. The molecule has 36 heavy (non-hydrogen) atoms. The number of aromatic nitrogens is 2. The fourth-order valence-electron chi connectivity index (χ4n) is 6.01. The molecule has 2 aliphatic rings. The summed E-state index contributed by atoms with van der Waals surface area (Å²) >= 11 is 0. The number of carbonyl (C=O) groups excluding carboxylic acids is 1. The van der Waals surface area contributed by atoms with E-state index in [0.717, 1.165) is 60.1 Å². The van der Waals surface area contributed by atoms with Gasteiger partial charge in [0.05, 0.1) is 22.9 Å². The minimum absolute atomic E-state index is 0.0623. The van der Waals surface area contributed by atoms with E-state index in [2.05, 4.69) is 54.1 Å². The van der Waals surface area contributed by atoms with E-state index in [4.69, 9.17) is 9.72 Å². The van der Waals surface area contributed by atoms with Crippen molar-refractivity contribution in [2.45, 2.75) is 77.5 Å². The predicted molar refractivity (Wildman–Crippen MR) is 142 cm³/mol. The highest BCUT2D eigenvalue weighted by atomic mass is 16.5. The summed E-state index contributed by atoms with van der Waals surface area (Å²) in [6.07, 6.45) is 8.04. The number of nitrogens with zero attached hydrogens (tertiary/aromatic N) is 3. The van der Waals surface area contributed by atoms with E-state index in [1.165, 1.54) is 11.1 Å². The third-order valence-corrected chi connectivity index (χ3v) is 7.52. The molecule has 2 atom stereocenters. The van der Waals surface area contributed by atoms with Gasteiger partial charge < -0.3 is 14.6 Å². The minimum atomic E-state index is -0.240. The van der Waals surface area contributed by atoms with Crippen LogP contribution in [0.5, 0.6) is 0 Å². The number of hydrogen-bond donors (Lipinski definition) is 1. The lowest BCUT2D eigenvalue weighted by Gasteiger charge is -2.35. The highest BCUT2D eigenvalue weighted by Gasteiger charge is 2.30. The number of nitrogens with one attached hydrogen (secondary N) is 1. The van der Waals surface area contributed by atoms with Crippen LogP contribution in [0.25, 0.3) is 17.1 Å². The first kappa shape index (κ1) is 24.3. The molecule has 6 nitrogen and oxygen atoms in total. The average Bonchev–Trinajstić information content (AvgIpc) is 3.15. The van der Waals surface area contributed by atoms with Crippen LogP contribution in [0.4, 0.5) is 0 Å². The Hall–Kier alpha value is -3.43. The molecule has 1 aliphatic carbocycles. The van der Waals surface area contributed by atoms with Gasteiger partial charge in [-0.15, -0.1) is 0 Å². The lowest BCUT2D eigenvalue weighted by atomic mass is 9.87. The van der Waals surface area contributed by atoms with Gasteiger partial charge in [0.2, 0.25) is 5.91 Å². The number of ether oxygens (including phenoxy) is 1. The van der Waals surface area contributed by atoms with E-state index in [-0.39, 0.29) is 23.6 Å². The van der Waals surface area contributed by atoms with Crippen LogP contribution >= 0.6 is 0 Å². The van der Waals surface area contributed by atoms with Gasteiger partial charge in [-0.1, -0.05) is 24.3 Å². The molecule has 2 aromatic heterocycles. The van der Waals surface area contributed by atoms with Crippen molar-refractivity contribution >= 4 is 23.0 Å². The molecule has 0 radical (unpaired) electrons. The topological polar surface area (TPSA) is 79.9 Å². The highest BCUT2D eigenvalue weighted by Crippen LogP contribution is 2.39. The van der Waals surface area contributed by atoms with E-state index in [0.29, 0.717) is 12.2 Å². The normalized spacial score (nSPS) is 21.3. The summed E-state index contributed by atoms with van der Waals surface area (Å²) in [5.74, 6) is -0.150. The van der Waals surface area contributed by atoms with Crippen molar-refractivity contribution in [1.82, 2.24) is 14.9 Å². The molecule has 5 rings (SSSR count). The number of carbonyl (C=O) groups is 1. The van der Waals surface area contributed by atoms with Crippen molar-refractivity contribution in [2.75, 3.05) is 6.61 Å². The number of aryl methyl sites for hydroxylation is 3. The number of fused-ring (bicyclic) bond motifs is 2. The van der Waals surface area contributed by atoms with E-state index < -0.39 is 0 Å². The third kappa shape index (κ3) is 4.56. The minimum Gasteiger partial charge on any atom is -0.375 e. The summed E-state index contributed by atoms with van der Waals surface area (Å²) in [5.41, 5.74) is 6.46. The van der Waals surface area contributed by atoms with Gasteiger partial charge >= 0.3 is 0 Å². The third-order valence-electron chi connectivity index (χ3n) is 7.52. The van der Waals surface area contributed by atoms with E-state index in [1.807, 2.05) is 26.0 Å². The van der Waals surface area contributed by atoms with Crippen molar-refractivity contribution in [3.05, 3.63) is 70.0 Å². The predicted octanol–water partition coefficient (Wildman–Crippen LogP) is 5.54. The molecule has 186 valence electrons. The Bertz CT molecular complexity index is 1390. The van der Waals surface area contributed by atoms with Gasteiger partial charge in [0.15, 0.2) is 0 Å². The second-order valence-corrected chi connectivity index (χ2v) is 10.8. The van der Waals surface area contributed by atoms with Crippen molar-refractivity contribution in [3.63, 3.8) is 0 Å². The Labute approximate surface area is 213 Å². The maximum absolute atomic E-state index is 13.0. The summed E-state index contributed by atoms with van der Waals surface area (Å²) in [6, 6.07) is 13.1. The molecule has 1 N–H and O–H groups in total. The molecule has 0 unspecified atom stereocenters. The van der Waals surface area contributed by atoms with Crippen LogP contribution in [-0.2, 0) is 16.0 Å². The van der Waals surface area contributed by atoms with Crippen LogP contribution in [0, 0.1) is 25.2 Å². The monoisotopic (exact) mass is 482 g/mol. The van der Waals surface area contributed by atoms with Gasteiger partial charge in [-0.25, -0.2) is 4.98 Å². The Balaban J connectivity index is 1.59. The lowest BCUT2D eigenvalue weighted by Crippen LogP contribution is -2.45. The first-order valence-corrected chi connectivity index (χ1v) is 12.9. The van der Waals surface area contributed by atoms with Crippen molar-refractivity contribution < 1.29 is 9.53 Å². The second-order valence-electron chi connectivity index (χ2n) is 10.8. The molecule has 1 aromatic carbocycles. The first-order chi connectivity index (χ1) is 17.3. The quantitative estimate of drug-likeness (QED) is 0.495. The zero-order chi connectivity index (χ0) is 25.4. The van der Waals surface area contributed by atoms with Gasteiger partial charge in [-0.05, 0) is 88.6 Å². The Morgan fingerprint density at radius 1 is 1.28 bits per heavy atom. The second kappa shape index (κ2) is 9.55. The van der Waals surface area contributed by atoms with Crippen LogP contribution < -0.4 is 5.32 Å². The number of pyridine rings is 1. The molecule has 6 heteroatoms. The molecule has 3 heterocycles. The van der Waals surface area contributed by atoms with Crippen LogP contribution in [0.3, 0.4) is 0 Å². The van der Waals surface area contributed by atoms with Crippen LogP contribution in [0.1, 0.15) is 79.2 Å². The summed E-state index contributed by atoms with van der Waals surface area (Å²) in [4.78, 5) is 17.9. The number of nitriles is 1. The van der Waals surface area contributed by atoms with Crippen LogP contribution in [0.15, 0.2) is 36.4 Å². The molecule has 3 aromatic rings. The van der Waals surface area contributed by atoms with E-state index >= 15 is 0 Å². The Morgan fingerprint density at radius 2 is 2.08 bits per heavy atom. The van der Waals surface area contributed by atoms with Crippen LogP contribution in [0.2, 0.25) is 0 Å². The Morgan fingerprint density at radius 3 is 2.86 bits per heavy atom. The van der Waals surface area contributed by atoms with Gasteiger partial charge in [-0.2, -0.15) is 5.26 Å². The van der Waals surface area contributed by atoms with Gasteiger partial charge in [0, 0.05) is 29.8 Å². The van der Waals surface area contributed by atoms with Crippen molar-refractivity contribution in [2.24, 2.45) is 0 Å². The van der Waals surface area contributed by atoms with Crippen LogP contribution in [-0.4, -0.2) is 33.7 Å². The molecule has 1 saturated heterocycles. The largest absolute Gasteiger partial charge is 0.375 e. The number of rotatable bonds is 4. The molecule has 1 fully saturated rings. The van der Waals surface area contributed by atoms with E-state index in [1.54, 1.807) is 6.08 Å². The molecule has 0 spiro atoms. The molecule has 0 saturated carbocycles. The maximum Gasteiger partial charge on any atom is 0.244 e. The van der Waals surface area contributed by atoms with Crippen molar-refractivity contribution in [3.8, 4) is 6.07 Å². The average molecular weight is 483 g/mol. The maximum atomic E-state index is 13.0.